The van der Waals surface area contributed by atoms with Crippen LogP contribution in [0.2, 0.25) is 0 Å². The molecule has 2 amide bonds. The summed E-state index contributed by atoms with van der Waals surface area (Å²) in [6.07, 6.45) is 2.95. The normalized spacial score (nSPS) is 17.2. The third kappa shape index (κ3) is 5.88. The van der Waals surface area contributed by atoms with Gasteiger partial charge in [0.1, 0.15) is 12.7 Å². The molecule has 2 heterocycles. The topological polar surface area (TPSA) is 86.3 Å². The van der Waals surface area contributed by atoms with E-state index in [1.807, 2.05) is 36.1 Å². The summed E-state index contributed by atoms with van der Waals surface area (Å²) in [6.45, 7) is 4.44. The van der Waals surface area contributed by atoms with Crippen molar-refractivity contribution in [2.24, 2.45) is 0 Å². The van der Waals surface area contributed by atoms with Gasteiger partial charge >= 0.3 is 0 Å². The quantitative estimate of drug-likeness (QED) is 0.660. The molecular weight excluding hydrogens is 424 g/mol. The van der Waals surface area contributed by atoms with Crippen molar-refractivity contribution in [1.82, 2.24) is 10.2 Å². The van der Waals surface area contributed by atoms with E-state index in [-0.39, 0.29) is 24.5 Å². The lowest BCUT2D eigenvalue weighted by molar-refractivity contribution is -0.134. The first-order valence-electron chi connectivity index (χ1n) is 11.5. The van der Waals surface area contributed by atoms with Gasteiger partial charge in [-0.1, -0.05) is 12.1 Å². The van der Waals surface area contributed by atoms with Crippen molar-refractivity contribution in [2.75, 3.05) is 39.5 Å². The first-order chi connectivity index (χ1) is 16.1. The van der Waals surface area contributed by atoms with Crippen molar-refractivity contribution in [3.8, 4) is 23.0 Å². The Morgan fingerprint density at radius 1 is 1.03 bits per heavy atom. The number of hydrogen-bond acceptors (Lipinski definition) is 6. The zero-order chi connectivity index (χ0) is 23.0. The fraction of sp³-hybridized carbons (Fsp3) is 0.440. The number of ether oxygens (including phenoxy) is 4. The molecule has 33 heavy (non-hydrogen) atoms. The number of likely N-dealkylation sites (tertiary alicyclic amines) is 1. The Morgan fingerprint density at radius 2 is 1.82 bits per heavy atom. The first-order valence-corrected chi connectivity index (χ1v) is 11.5. The maximum Gasteiger partial charge on any atom is 0.260 e. The van der Waals surface area contributed by atoms with Crippen molar-refractivity contribution >= 4 is 11.8 Å². The molecule has 8 nitrogen and oxygen atoms in total. The van der Waals surface area contributed by atoms with Crippen LogP contribution in [-0.2, 0) is 4.79 Å². The van der Waals surface area contributed by atoms with Gasteiger partial charge in [0.25, 0.3) is 11.8 Å². The molecule has 2 aliphatic rings. The summed E-state index contributed by atoms with van der Waals surface area (Å²) in [5.41, 5.74) is 0.435. The second kappa shape index (κ2) is 10.9. The number of para-hydroxylation sites is 2. The molecule has 0 radical (unpaired) electrons. The van der Waals surface area contributed by atoms with Gasteiger partial charge in [0.15, 0.2) is 29.6 Å². The molecular formula is C25H30N2O6. The van der Waals surface area contributed by atoms with E-state index in [4.69, 9.17) is 18.9 Å². The largest absolute Gasteiger partial charge is 0.490 e. The van der Waals surface area contributed by atoms with Crippen LogP contribution in [0.3, 0.4) is 0 Å². The van der Waals surface area contributed by atoms with E-state index in [2.05, 4.69) is 5.32 Å². The first kappa shape index (κ1) is 22.8. The molecule has 0 saturated carbocycles. The molecule has 1 atom stereocenters. The zero-order valence-corrected chi connectivity index (χ0v) is 18.9. The Hall–Kier alpha value is -3.42. The molecule has 0 spiro atoms. The molecule has 4 rings (SSSR count). The number of nitrogens with zero attached hydrogens (tertiary/aromatic N) is 1. The summed E-state index contributed by atoms with van der Waals surface area (Å²) in [5, 5.41) is 2.88. The minimum absolute atomic E-state index is 0.0322. The van der Waals surface area contributed by atoms with E-state index >= 15 is 0 Å². The van der Waals surface area contributed by atoms with E-state index in [0.717, 1.165) is 32.4 Å². The highest BCUT2D eigenvalue weighted by Gasteiger charge is 2.22. The van der Waals surface area contributed by atoms with E-state index in [0.29, 0.717) is 48.3 Å². The van der Waals surface area contributed by atoms with Crippen LogP contribution in [0.1, 0.15) is 36.5 Å². The summed E-state index contributed by atoms with van der Waals surface area (Å²) in [6, 6.07) is 12.4. The average Bonchev–Trinajstić information content (AvgIpc) is 2.87. The highest BCUT2D eigenvalue weighted by atomic mass is 16.6. The van der Waals surface area contributed by atoms with Gasteiger partial charge in [-0.3, -0.25) is 9.59 Å². The lowest BCUT2D eigenvalue weighted by Crippen LogP contribution is -2.40. The molecule has 1 N–H and O–H groups in total. The lowest BCUT2D eigenvalue weighted by Gasteiger charge is -2.27. The molecule has 8 heteroatoms. The van der Waals surface area contributed by atoms with Crippen molar-refractivity contribution in [1.29, 1.82) is 0 Å². The van der Waals surface area contributed by atoms with Crippen LogP contribution in [0, 0.1) is 0 Å². The number of rotatable bonds is 8. The van der Waals surface area contributed by atoms with E-state index < -0.39 is 0 Å². The smallest absolute Gasteiger partial charge is 0.260 e. The molecule has 2 aromatic rings. The van der Waals surface area contributed by atoms with Crippen molar-refractivity contribution in [3.63, 3.8) is 0 Å². The van der Waals surface area contributed by atoms with Gasteiger partial charge < -0.3 is 29.2 Å². The molecule has 2 aliphatic heterocycles. The van der Waals surface area contributed by atoms with Gasteiger partial charge in [0.05, 0.1) is 13.2 Å². The fourth-order valence-electron chi connectivity index (χ4n) is 3.88. The molecule has 1 unspecified atom stereocenters. The average molecular weight is 455 g/mol. The van der Waals surface area contributed by atoms with Crippen molar-refractivity contribution in [3.05, 3.63) is 48.0 Å². The van der Waals surface area contributed by atoms with Crippen LogP contribution in [0.15, 0.2) is 42.5 Å². The number of fused-ring (bicyclic) bond motifs is 1. The molecule has 0 bridgehead atoms. The van der Waals surface area contributed by atoms with Gasteiger partial charge in [-0.15, -0.1) is 0 Å². The van der Waals surface area contributed by atoms with Gasteiger partial charge in [0, 0.05) is 18.7 Å². The number of hydrogen-bond donors (Lipinski definition) is 1. The lowest BCUT2D eigenvalue weighted by atomic mass is 10.1. The second-order valence-corrected chi connectivity index (χ2v) is 8.03. The number of carbonyl (C=O) groups is 2. The molecule has 176 valence electrons. The number of carbonyl (C=O) groups excluding carboxylic acids is 2. The van der Waals surface area contributed by atoms with Gasteiger partial charge in [-0.05, 0) is 56.5 Å². The van der Waals surface area contributed by atoms with E-state index in [1.54, 1.807) is 18.2 Å². The minimum Gasteiger partial charge on any atom is -0.490 e. The van der Waals surface area contributed by atoms with Crippen LogP contribution in [0.25, 0.3) is 0 Å². The number of amides is 2. The van der Waals surface area contributed by atoms with E-state index in [1.165, 1.54) is 0 Å². The summed E-state index contributed by atoms with van der Waals surface area (Å²) < 4.78 is 23.0. The number of nitrogens with one attached hydrogen (secondary N) is 1. The standard InChI is InChI=1S/C25H30N2O6/c1-2-30-23-14-18(10-11-21(23)32-17-24(28)27-12-6-3-7-13-27)25(29)26-15-19-16-31-20-8-4-5-9-22(20)33-19/h4-5,8-11,14,19H,2-3,6-7,12-13,15-17H2,1H3,(H,26,29). The molecule has 1 saturated heterocycles. The molecule has 2 aromatic carbocycles. The number of piperidine rings is 1. The highest BCUT2D eigenvalue weighted by molar-refractivity contribution is 5.95. The Bertz CT molecular complexity index is 973. The van der Waals surface area contributed by atoms with Gasteiger partial charge in [-0.25, -0.2) is 0 Å². The Labute approximate surface area is 193 Å². The van der Waals surface area contributed by atoms with Crippen LogP contribution >= 0.6 is 0 Å². The summed E-state index contributed by atoms with van der Waals surface area (Å²) in [4.78, 5) is 26.9. The molecule has 0 aromatic heterocycles. The summed E-state index contributed by atoms with van der Waals surface area (Å²) in [7, 11) is 0. The third-order valence-corrected chi connectivity index (χ3v) is 5.62. The van der Waals surface area contributed by atoms with Crippen LogP contribution < -0.4 is 24.3 Å². The summed E-state index contributed by atoms with van der Waals surface area (Å²) >= 11 is 0. The van der Waals surface area contributed by atoms with Crippen LogP contribution in [0.4, 0.5) is 0 Å². The maximum atomic E-state index is 12.7. The van der Waals surface area contributed by atoms with Crippen molar-refractivity contribution < 1.29 is 28.5 Å². The predicted octanol–water partition coefficient (Wildman–Crippen LogP) is 3.05. The Balaban J connectivity index is 1.33. The Morgan fingerprint density at radius 3 is 2.61 bits per heavy atom. The van der Waals surface area contributed by atoms with E-state index in [9.17, 15) is 9.59 Å². The molecule has 0 aliphatic carbocycles. The van der Waals surface area contributed by atoms with Gasteiger partial charge in [0.2, 0.25) is 0 Å². The fourth-order valence-corrected chi connectivity index (χ4v) is 3.88. The van der Waals surface area contributed by atoms with Crippen LogP contribution in [-0.4, -0.2) is 62.3 Å². The predicted molar refractivity (Wildman–Crippen MR) is 122 cm³/mol. The Kier molecular flexibility index (Phi) is 7.55. The zero-order valence-electron chi connectivity index (χ0n) is 18.9. The van der Waals surface area contributed by atoms with Crippen molar-refractivity contribution in [2.45, 2.75) is 32.3 Å². The number of benzene rings is 2. The second-order valence-electron chi connectivity index (χ2n) is 8.03. The third-order valence-electron chi connectivity index (χ3n) is 5.62. The molecule has 1 fully saturated rings. The monoisotopic (exact) mass is 454 g/mol. The highest BCUT2D eigenvalue weighted by Crippen LogP contribution is 2.31. The van der Waals surface area contributed by atoms with Gasteiger partial charge in [-0.2, -0.15) is 0 Å². The SMILES string of the molecule is CCOc1cc(C(=O)NCC2COc3ccccc3O2)ccc1OCC(=O)N1CCCCC1. The summed E-state index contributed by atoms with van der Waals surface area (Å²) in [5.74, 6) is 1.96. The maximum absolute atomic E-state index is 12.7. The van der Waals surface area contributed by atoms with Crippen LogP contribution in [0.5, 0.6) is 23.0 Å². The minimum atomic E-state index is -0.279.